The predicted octanol–water partition coefficient (Wildman–Crippen LogP) is 1.53. The number of halogens is 1. The van der Waals surface area contributed by atoms with Gasteiger partial charge in [0.05, 0.1) is 23.8 Å². The van der Waals surface area contributed by atoms with E-state index >= 15 is 0 Å². The van der Waals surface area contributed by atoms with Gasteiger partial charge >= 0.3 is 0 Å². The molecule has 1 saturated heterocycles. The third-order valence-corrected chi connectivity index (χ3v) is 5.66. The van der Waals surface area contributed by atoms with Crippen molar-refractivity contribution in [3.63, 3.8) is 0 Å². The van der Waals surface area contributed by atoms with Gasteiger partial charge in [0.1, 0.15) is 14.9 Å². The quantitative estimate of drug-likeness (QED) is 0.671. The van der Waals surface area contributed by atoms with E-state index in [0.29, 0.717) is 29.9 Å². The van der Waals surface area contributed by atoms with E-state index in [4.69, 9.17) is 11.6 Å². The van der Waals surface area contributed by atoms with Crippen molar-refractivity contribution in [2.45, 2.75) is 18.9 Å². The molecule has 0 spiro atoms. The highest BCUT2D eigenvalue weighted by atomic mass is 35.5. The number of aromatic nitrogens is 4. The molecule has 2 aromatic heterocycles. The van der Waals surface area contributed by atoms with E-state index in [1.54, 1.807) is 17.1 Å². The first kappa shape index (κ1) is 19.8. The average Bonchev–Trinajstić information content (AvgIpc) is 3.21. The molecule has 3 rings (SSSR count). The van der Waals surface area contributed by atoms with Gasteiger partial charge in [-0.2, -0.15) is 10.1 Å². The van der Waals surface area contributed by atoms with Gasteiger partial charge < -0.3 is 10.6 Å². The molecule has 11 heteroatoms. The zero-order valence-corrected chi connectivity index (χ0v) is 17.0. The molecule has 9 nitrogen and oxygen atoms in total. The lowest BCUT2D eigenvalue weighted by molar-refractivity contribution is 0.278. The Bertz CT molecular complexity index is 887. The lowest BCUT2D eigenvalue weighted by atomic mass is 10.2. The van der Waals surface area contributed by atoms with Gasteiger partial charge in [0.25, 0.3) is 0 Å². The number of nitrogens with one attached hydrogen (secondary N) is 2. The maximum Gasteiger partial charge on any atom is 0.229 e. The van der Waals surface area contributed by atoms with E-state index in [1.807, 2.05) is 13.2 Å². The number of aryl methyl sites for hydroxylation is 1. The van der Waals surface area contributed by atoms with Crippen LogP contribution in [0.3, 0.4) is 0 Å². The third-order valence-electron chi connectivity index (χ3n) is 4.46. The van der Waals surface area contributed by atoms with Crippen LogP contribution >= 0.6 is 11.6 Å². The molecule has 1 aliphatic heterocycles. The zero-order chi connectivity index (χ0) is 19.4. The molecule has 148 valence electrons. The molecule has 3 heterocycles. The van der Waals surface area contributed by atoms with Gasteiger partial charge in [-0.25, -0.2) is 13.4 Å². The normalized spacial score (nSPS) is 18.0. The van der Waals surface area contributed by atoms with E-state index in [2.05, 4.69) is 30.6 Å². The summed E-state index contributed by atoms with van der Waals surface area (Å²) in [6.07, 6.45) is 8.40. The van der Waals surface area contributed by atoms with Crippen molar-refractivity contribution in [3.8, 4) is 0 Å². The van der Waals surface area contributed by atoms with Crippen LogP contribution in [0.5, 0.6) is 0 Å². The Kier molecular flexibility index (Phi) is 6.18. The minimum absolute atomic E-state index is 0.178. The second-order valence-electron chi connectivity index (χ2n) is 6.76. The lowest BCUT2D eigenvalue weighted by Crippen LogP contribution is -2.38. The molecular formula is C16H24ClN7O2S. The molecule has 2 N–H and O–H groups in total. The summed E-state index contributed by atoms with van der Waals surface area (Å²) in [7, 11) is -1.13. The molecule has 1 aliphatic rings. The van der Waals surface area contributed by atoms with Crippen LogP contribution in [0.25, 0.3) is 0 Å². The minimum Gasteiger partial charge on any atom is -0.367 e. The largest absolute Gasteiger partial charge is 0.367 e. The highest BCUT2D eigenvalue weighted by Crippen LogP contribution is 2.23. The molecule has 0 bridgehead atoms. The molecule has 0 aliphatic carbocycles. The lowest BCUT2D eigenvalue weighted by Gasteiger charge is -2.24. The summed E-state index contributed by atoms with van der Waals surface area (Å²) in [5.74, 6) is 1.15. The Hall–Kier alpha value is -1.91. The number of likely N-dealkylation sites (tertiary alicyclic amines) is 1. The van der Waals surface area contributed by atoms with E-state index in [-0.39, 0.29) is 11.8 Å². The number of rotatable bonds is 8. The van der Waals surface area contributed by atoms with Gasteiger partial charge in [-0.1, -0.05) is 11.6 Å². The molecule has 0 saturated carbocycles. The second kappa shape index (κ2) is 8.41. The smallest absolute Gasteiger partial charge is 0.229 e. The van der Waals surface area contributed by atoms with Crippen LogP contribution in [0.2, 0.25) is 5.02 Å². The van der Waals surface area contributed by atoms with Crippen molar-refractivity contribution >= 4 is 38.9 Å². The summed E-state index contributed by atoms with van der Waals surface area (Å²) in [6, 6.07) is 0.257. The highest BCUT2D eigenvalue weighted by Gasteiger charge is 2.25. The maximum atomic E-state index is 11.4. The third kappa shape index (κ3) is 5.78. The fraction of sp³-hybridized carbons (Fsp3) is 0.562. The molecule has 0 amide bonds. The van der Waals surface area contributed by atoms with Crippen LogP contribution in [-0.2, 0) is 16.9 Å². The van der Waals surface area contributed by atoms with Crippen molar-refractivity contribution < 1.29 is 8.42 Å². The fourth-order valence-corrected chi connectivity index (χ4v) is 3.81. The Morgan fingerprint density at radius 3 is 2.89 bits per heavy atom. The fourth-order valence-electron chi connectivity index (χ4n) is 3.08. The summed E-state index contributed by atoms with van der Waals surface area (Å²) < 4.78 is 24.5. The molecule has 0 aromatic carbocycles. The summed E-state index contributed by atoms with van der Waals surface area (Å²) in [5.41, 5.74) is 0.786. The van der Waals surface area contributed by atoms with Crippen LogP contribution in [-0.4, -0.2) is 70.8 Å². The Labute approximate surface area is 164 Å². The molecular weight excluding hydrogens is 390 g/mol. The monoisotopic (exact) mass is 413 g/mol. The topological polar surface area (TPSA) is 105 Å². The van der Waals surface area contributed by atoms with Crippen LogP contribution in [0, 0.1) is 0 Å². The van der Waals surface area contributed by atoms with Gasteiger partial charge in [0.15, 0.2) is 5.82 Å². The predicted molar refractivity (Wildman–Crippen MR) is 106 cm³/mol. The number of hydrogen-bond donors (Lipinski definition) is 2. The molecule has 0 unspecified atom stereocenters. The molecule has 2 aromatic rings. The Morgan fingerprint density at radius 2 is 2.19 bits per heavy atom. The van der Waals surface area contributed by atoms with Crippen molar-refractivity contribution in [2.24, 2.45) is 7.05 Å². The van der Waals surface area contributed by atoms with Crippen LogP contribution < -0.4 is 10.6 Å². The zero-order valence-electron chi connectivity index (χ0n) is 15.4. The van der Waals surface area contributed by atoms with E-state index < -0.39 is 9.84 Å². The van der Waals surface area contributed by atoms with Crippen molar-refractivity contribution in [3.05, 3.63) is 23.6 Å². The van der Waals surface area contributed by atoms with Crippen LogP contribution in [0.15, 0.2) is 18.6 Å². The first-order valence-electron chi connectivity index (χ1n) is 8.74. The van der Waals surface area contributed by atoms with Crippen molar-refractivity contribution in [2.75, 3.05) is 42.3 Å². The minimum atomic E-state index is -2.96. The summed E-state index contributed by atoms with van der Waals surface area (Å²) in [4.78, 5) is 10.8. The number of anilines is 3. The second-order valence-corrected chi connectivity index (χ2v) is 9.43. The number of nitrogens with zero attached hydrogens (tertiary/aromatic N) is 5. The van der Waals surface area contributed by atoms with Crippen LogP contribution in [0.1, 0.15) is 12.8 Å². The molecule has 0 radical (unpaired) electrons. The Balaban J connectivity index is 1.60. The SMILES string of the molecule is Cn1cc(Nc2ncc(Cl)c(NC[C@H]3CCCN3CCS(C)(=O)=O)n2)cn1. The summed E-state index contributed by atoms with van der Waals surface area (Å²) in [5, 5.41) is 10.9. The first-order chi connectivity index (χ1) is 12.8. The van der Waals surface area contributed by atoms with Crippen molar-refractivity contribution in [1.29, 1.82) is 0 Å². The average molecular weight is 414 g/mol. The highest BCUT2D eigenvalue weighted by molar-refractivity contribution is 7.90. The standard InChI is InChI=1S/C16H24ClN7O2S/c1-23-11-12(8-20-23)21-16-19-10-14(17)15(22-16)18-9-13-4-3-5-24(13)6-7-27(2,25)26/h8,10-11,13H,3-7,9H2,1-2H3,(H2,18,19,21,22)/t13-/m1/s1. The number of sulfone groups is 1. The van der Waals surface area contributed by atoms with E-state index in [1.165, 1.54) is 6.26 Å². The first-order valence-corrected chi connectivity index (χ1v) is 11.2. The van der Waals surface area contributed by atoms with Crippen LogP contribution in [0.4, 0.5) is 17.5 Å². The summed E-state index contributed by atoms with van der Waals surface area (Å²) >= 11 is 6.22. The van der Waals surface area contributed by atoms with Gasteiger partial charge in [-0.05, 0) is 19.4 Å². The van der Waals surface area contributed by atoms with Gasteiger partial charge in [0, 0.05) is 38.6 Å². The molecule has 1 fully saturated rings. The van der Waals surface area contributed by atoms with Gasteiger partial charge in [-0.15, -0.1) is 0 Å². The maximum absolute atomic E-state index is 11.4. The number of hydrogen-bond acceptors (Lipinski definition) is 8. The molecule has 27 heavy (non-hydrogen) atoms. The van der Waals surface area contributed by atoms with Gasteiger partial charge in [0.2, 0.25) is 5.95 Å². The van der Waals surface area contributed by atoms with E-state index in [0.717, 1.165) is 25.1 Å². The Morgan fingerprint density at radius 1 is 1.37 bits per heavy atom. The van der Waals surface area contributed by atoms with Gasteiger partial charge in [-0.3, -0.25) is 9.58 Å². The van der Waals surface area contributed by atoms with E-state index in [9.17, 15) is 8.42 Å². The molecule has 1 atom stereocenters. The summed E-state index contributed by atoms with van der Waals surface area (Å²) in [6.45, 7) is 2.11. The van der Waals surface area contributed by atoms with Crippen molar-refractivity contribution in [1.82, 2.24) is 24.6 Å².